The van der Waals surface area contributed by atoms with Crippen LogP contribution in [0.3, 0.4) is 0 Å². The molecule has 0 saturated carbocycles. The van der Waals surface area contributed by atoms with Crippen LogP contribution in [0.15, 0.2) is 84.9 Å². The fourth-order valence-electron chi connectivity index (χ4n) is 3.57. The third kappa shape index (κ3) is 8.16. The van der Waals surface area contributed by atoms with Gasteiger partial charge in [0.1, 0.15) is 24.4 Å². The van der Waals surface area contributed by atoms with Crippen LogP contribution in [0, 0.1) is 0 Å². The van der Waals surface area contributed by atoms with Gasteiger partial charge < -0.3 is 24.8 Å². The van der Waals surface area contributed by atoms with Crippen molar-refractivity contribution in [3.8, 4) is 5.75 Å². The van der Waals surface area contributed by atoms with E-state index in [2.05, 4.69) is 10.6 Å². The van der Waals surface area contributed by atoms with Crippen LogP contribution < -0.4 is 15.4 Å². The first-order valence-electron chi connectivity index (χ1n) is 11.5. The van der Waals surface area contributed by atoms with Crippen LogP contribution in [0.25, 0.3) is 0 Å². The Morgan fingerprint density at radius 2 is 1.25 bits per heavy atom. The number of hydrogen-bond donors (Lipinski definition) is 2. The molecule has 2 N–H and O–H groups in total. The number of carbonyl (C=O) groups is 3. The number of nitrogens with one attached hydrogen (secondary N) is 2. The second-order valence-electron chi connectivity index (χ2n) is 8.08. The number of ether oxygens (including phenoxy) is 3. The number of esters is 1. The number of rotatable bonds is 11. The minimum Gasteiger partial charge on any atom is -0.497 e. The first-order valence-corrected chi connectivity index (χ1v) is 11.5. The van der Waals surface area contributed by atoms with Crippen LogP contribution in [0.5, 0.6) is 5.75 Å². The first kappa shape index (κ1) is 26.3. The standard InChI is InChI=1S/C28H30N2O6/c1-34-23-15-13-21(14-16-23)18-25(27(32)35-2)29-26(31)24(17-20-9-5-3-6-10-20)30-28(33)36-19-22-11-7-4-8-12-22/h3-16,24-25H,17-19H2,1-2H3,(H,29,31)(H,30,33). The Morgan fingerprint density at radius 3 is 1.83 bits per heavy atom. The summed E-state index contributed by atoms with van der Waals surface area (Å²) in [5.74, 6) is -0.442. The monoisotopic (exact) mass is 490 g/mol. The Balaban J connectivity index is 1.71. The van der Waals surface area contributed by atoms with Crippen molar-refractivity contribution in [2.75, 3.05) is 14.2 Å². The second kappa shape index (κ2) is 13.5. The van der Waals surface area contributed by atoms with Crippen LogP contribution in [-0.2, 0) is 38.5 Å². The summed E-state index contributed by atoms with van der Waals surface area (Å²) < 4.78 is 15.4. The summed E-state index contributed by atoms with van der Waals surface area (Å²) in [6, 6.07) is 23.7. The summed E-state index contributed by atoms with van der Waals surface area (Å²) in [5, 5.41) is 5.36. The molecule has 0 aliphatic carbocycles. The fourth-order valence-corrected chi connectivity index (χ4v) is 3.57. The molecule has 0 bridgehead atoms. The minimum atomic E-state index is -0.973. The van der Waals surface area contributed by atoms with Gasteiger partial charge in [0.05, 0.1) is 14.2 Å². The fraction of sp³-hybridized carbons (Fsp3) is 0.250. The van der Waals surface area contributed by atoms with Gasteiger partial charge in [0.25, 0.3) is 0 Å². The molecule has 0 aliphatic rings. The smallest absolute Gasteiger partial charge is 0.408 e. The van der Waals surface area contributed by atoms with Gasteiger partial charge in [-0.15, -0.1) is 0 Å². The zero-order valence-electron chi connectivity index (χ0n) is 20.3. The molecular formula is C28H30N2O6. The summed E-state index contributed by atoms with van der Waals surface area (Å²) in [6.07, 6.45) is -0.317. The van der Waals surface area contributed by atoms with Crippen LogP contribution in [-0.4, -0.2) is 44.3 Å². The van der Waals surface area contributed by atoms with E-state index in [-0.39, 0.29) is 19.4 Å². The van der Waals surface area contributed by atoms with Gasteiger partial charge in [-0.3, -0.25) is 4.79 Å². The molecule has 36 heavy (non-hydrogen) atoms. The molecule has 0 fully saturated rings. The summed E-state index contributed by atoms with van der Waals surface area (Å²) >= 11 is 0. The van der Waals surface area contributed by atoms with E-state index < -0.39 is 30.1 Å². The maximum atomic E-state index is 13.3. The predicted molar refractivity (Wildman–Crippen MR) is 134 cm³/mol. The molecule has 0 saturated heterocycles. The molecule has 0 heterocycles. The summed E-state index contributed by atoms with van der Waals surface area (Å²) in [7, 11) is 2.83. The van der Waals surface area contributed by atoms with E-state index in [1.165, 1.54) is 7.11 Å². The SMILES string of the molecule is COC(=O)C(Cc1ccc(OC)cc1)NC(=O)C(Cc1ccccc1)NC(=O)OCc1ccccc1. The quantitative estimate of drug-likeness (QED) is 0.399. The van der Waals surface area contributed by atoms with E-state index in [1.807, 2.05) is 72.8 Å². The van der Waals surface area contributed by atoms with Crippen molar-refractivity contribution >= 4 is 18.0 Å². The molecule has 3 aromatic carbocycles. The minimum absolute atomic E-state index is 0.0641. The van der Waals surface area contributed by atoms with Gasteiger partial charge in [-0.05, 0) is 28.8 Å². The summed E-state index contributed by atoms with van der Waals surface area (Å²) in [6.45, 7) is 0.0641. The van der Waals surface area contributed by atoms with Crippen LogP contribution in [0.2, 0.25) is 0 Å². The Hall–Kier alpha value is -4.33. The average Bonchev–Trinajstić information content (AvgIpc) is 2.92. The molecular weight excluding hydrogens is 460 g/mol. The molecule has 0 spiro atoms. The maximum absolute atomic E-state index is 13.3. The van der Waals surface area contributed by atoms with Gasteiger partial charge in [-0.25, -0.2) is 9.59 Å². The molecule has 3 aromatic rings. The van der Waals surface area contributed by atoms with Crippen molar-refractivity contribution in [2.24, 2.45) is 0 Å². The lowest BCUT2D eigenvalue weighted by molar-refractivity contribution is -0.145. The number of methoxy groups -OCH3 is 2. The zero-order chi connectivity index (χ0) is 25.8. The predicted octanol–water partition coefficient (Wildman–Crippen LogP) is 3.43. The molecule has 8 nitrogen and oxygen atoms in total. The normalized spacial score (nSPS) is 12.1. The van der Waals surface area contributed by atoms with Crippen molar-refractivity contribution in [2.45, 2.75) is 31.5 Å². The van der Waals surface area contributed by atoms with Crippen LogP contribution in [0.1, 0.15) is 16.7 Å². The highest BCUT2D eigenvalue weighted by Crippen LogP contribution is 2.14. The van der Waals surface area contributed by atoms with Crippen molar-refractivity contribution in [1.82, 2.24) is 10.6 Å². The van der Waals surface area contributed by atoms with E-state index in [4.69, 9.17) is 14.2 Å². The van der Waals surface area contributed by atoms with Crippen molar-refractivity contribution < 1.29 is 28.6 Å². The Bertz CT molecular complexity index is 1120. The van der Waals surface area contributed by atoms with Crippen LogP contribution >= 0.6 is 0 Å². The topological polar surface area (TPSA) is 103 Å². The van der Waals surface area contributed by atoms with Crippen LogP contribution in [0.4, 0.5) is 4.79 Å². The Labute approximate surface area is 210 Å². The largest absolute Gasteiger partial charge is 0.497 e. The second-order valence-corrected chi connectivity index (χ2v) is 8.08. The molecule has 8 heteroatoms. The Kier molecular flexibility index (Phi) is 9.88. The van der Waals surface area contributed by atoms with E-state index in [0.717, 1.165) is 16.7 Å². The van der Waals surface area contributed by atoms with Crippen molar-refractivity contribution in [3.63, 3.8) is 0 Å². The van der Waals surface area contributed by atoms with E-state index >= 15 is 0 Å². The highest BCUT2D eigenvalue weighted by atomic mass is 16.5. The molecule has 2 unspecified atom stereocenters. The third-order valence-corrected chi connectivity index (χ3v) is 5.51. The number of hydrogen-bond acceptors (Lipinski definition) is 6. The van der Waals surface area contributed by atoms with E-state index in [0.29, 0.717) is 5.75 Å². The highest BCUT2D eigenvalue weighted by Gasteiger charge is 2.28. The van der Waals surface area contributed by atoms with Gasteiger partial charge in [-0.1, -0.05) is 72.8 Å². The lowest BCUT2D eigenvalue weighted by Crippen LogP contribution is -2.53. The number of amides is 2. The summed E-state index contributed by atoms with van der Waals surface area (Å²) in [4.78, 5) is 38.3. The van der Waals surface area contributed by atoms with Crippen molar-refractivity contribution in [3.05, 3.63) is 102 Å². The summed E-state index contributed by atoms with van der Waals surface area (Å²) in [5.41, 5.74) is 2.47. The van der Waals surface area contributed by atoms with Gasteiger partial charge in [0, 0.05) is 12.8 Å². The molecule has 188 valence electrons. The zero-order valence-corrected chi connectivity index (χ0v) is 20.3. The maximum Gasteiger partial charge on any atom is 0.408 e. The average molecular weight is 491 g/mol. The molecule has 3 rings (SSSR count). The lowest BCUT2D eigenvalue weighted by Gasteiger charge is -2.22. The van der Waals surface area contributed by atoms with Gasteiger partial charge in [0.2, 0.25) is 5.91 Å². The van der Waals surface area contributed by atoms with Gasteiger partial charge >= 0.3 is 12.1 Å². The van der Waals surface area contributed by atoms with Gasteiger partial charge in [0.15, 0.2) is 0 Å². The lowest BCUT2D eigenvalue weighted by atomic mass is 10.0. The molecule has 0 aromatic heterocycles. The molecule has 0 aliphatic heterocycles. The number of carbonyl (C=O) groups excluding carboxylic acids is 3. The van der Waals surface area contributed by atoms with E-state index in [9.17, 15) is 14.4 Å². The first-order chi connectivity index (χ1) is 17.5. The van der Waals surface area contributed by atoms with E-state index in [1.54, 1.807) is 19.2 Å². The number of alkyl carbamates (subject to hydrolysis) is 1. The van der Waals surface area contributed by atoms with Gasteiger partial charge in [-0.2, -0.15) is 0 Å². The molecule has 2 amide bonds. The molecule has 2 atom stereocenters. The Morgan fingerprint density at radius 1 is 0.694 bits per heavy atom. The highest BCUT2D eigenvalue weighted by molar-refractivity contribution is 5.90. The van der Waals surface area contributed by atoms with Crippen molar-refractivity contribution in [1.29, 1.82) is 0 Å². The number of benzene rings is 3. The third-order valence-electron chi connectivity index (χ3n) is 5.51. The molecule has 0 radical (unpaired) electrons.